The van der Waals surface area contributed by atoms with E-state index in [4.69, 9.17) is 16.0 Å². The van der Waals surface area contributed by atoms with Gasteiger partial charge in [-0.3, -0.25) is 4.90 Å². The normalized spacial score (nSPS) is 15.4. The molecule has 6 nitrogen and oxygen atoms in total. The highest BCUT2D eigenvalue weighted by Gasteiger charge is 2.31. The molecule has 0 saturated carbocycles. The Bertz CT molecular complexity index is 1030. The van der Waals surface area contributed by atoms with Crippen LogP contribution in [0.15, 0.2) is 52.9 Å². The van der Waals surface area contributed by atoms with Crippen molar-refractivity contribution >= 4 is 22.6 Å². The van der Waals surface area contributed by atoms with Gasteiger partial charge in [-0.25, -0.2) is 4.98 Å². The third kappa shape index (κ3) is 2.87. The maximum absolute atomic E-state index is 6.01. The average Bonchev–Trinajstić information content (AvgIpc) is 3.24. The third-order valence-corrected chi connectivity index (χ3v) is 4.88. The molecule has 1 fully saturated rings. The first-order valence-electron chi connectivity index (χ1n) is 8.50. The van der Waals surface area contributed by atoms with E-state index in [-0.39, 0.29) is 0 Å². The Labute approximate surface area is 154 Å². The predicted molar refractivity (Wildman–Crippen MR) is 98.9 cm³/mol. The average molecular weight is 366 g/mol. The van der Waals surface area contributed by atoms with E-state index in [1.165, 1.54) is 0 Å². The van der Waals surface area contributed by atoms with Crippen LogP contribution >= 0.6 is 11.6 Å². The van der Waals surface area contributed by atoms with E-state index < -0.39 is 0 Å². The topological polar surface area (TPSA) is 70.8 Å². The van der Waals surface area contributed by atoms with E-state index in [9.17, 15) is 0 Å². The van der Waals surface area contributed by atoms with Gasteiger partial charge in [0.05, 0.1) is 17.6 Å². The molecule has 4 aromatic rings. The summed E-state index contributed by atoms with van der Waals surface area (Å²) in [5.74, 6) is 2.57. The lowest BCUT2D eigenvalue weighted by Gasteiger charge is -2.37. The number of aromatic nitrogens is 4. The Morgan fingerprint density at radius 1 is 1.12 bits per heavy atom. The van der Waals surface area contributed by atoms with Gasteiger partial charge in [0.2, 0.25) is 11.8 Å². The zero-order chi connectivity index (χ0) is 17.5. The van der Waals surface area contributed by atoms with E-state index in [2.05, 4.69) is 31.1 Å². The number of aromatic amines is 1. The molecular formula is C19H16ClN5O. The molecule has 5 rings (SSSR count). The molecule has 7 heteroatoms. The molecule has 1 aliphatic heterocycles. The van der Waals surface area contributed by atoms with E-state index >= 15 is 0 Å². The maximum atomic E-state index is 6.01. The SMILES string of the molecule is Clc1cccc(-c2nnc(CN3CC(c4nc5ccccc5[nH]4)C3)o2)c1. The second-order valence-corrected chi connectivity index (χ2v) is 6.98. The second-order valence-electron chi connectivity index (χ2n) is 6.54. The van der Waals surface area contributed by atoms with Gasteiger partial charge in [-0.2, -0.15) is 0 Å². The van der Waals surface area contributed by atoms with E-state index in [0.717, 1.165) is 35.5 Å². The van der Waals surface area contributed by atoms with Gasteiger partial charge >= 0.3 is 0 Å². The van der Waals surface area contributed by atoms with Crippen molar-refractivity contribution in [2.24, 2.45) is 0 Å². The van der Waals surface area contributed by atoms with Gasteiger partial charge in [0.1, 0.15) is 5.82 Å². The van der Waals surface area contributed by atoms with Gasteiger partial charge in [0.15, 0.2) is 0 Å². The van der Waals surface area contributed by atoms with Crippen LogP contribution in [0.5, 0.6) is 0 Å². The molecule has 26 heavy (non-hydrogen) atoms. The summed E-state index contributed by atoms with van der Waals surface area (Å²) in [6.07, 6.45) is 0. The molecule has 0 bridgehead atoms. The van der Waals surface area contributed by atoms with Crippen LogP contribution in [-0.4, -0.2) is 38.2 Å². The first-order valence-corrected chi connectivity index (χ1v) is 8.88. The Hall–Kier alpha value is -2.70. The Balaban J connectivity index is 1.24. The van der Waals surface area contributed by atoms with Crippen LogP contribution in [0.3, 0.4) is 0 Å². The maximum Gasteiger partial charge on any atom is 0.247 e. The second kappa shape index (κ2) is 6.23. The molecular weight excluding hydrogens is 350 g/mol. The molecule has 2 aromatic heterocycles. The minimum Gasteiger partial charge on any atom is -0.419 e. The number of fused-ring (bicyclic) bond motifs is 1. The summed E-state index contributed by atoms with van der Waals surface area (Å²) >= 11 is 6.01. The molecule has 0 unspecified atom stereocenters. The smallest absolute Gasteiger partial charge is 0.247 e. The molecule has 0 aliphatic carbocycles. The first-order chi connectivity index (χ1) is 12.7. The number of halogens is 1. The van der Waals surface area contributed by atoms with Crippen molar-refractivity contribution in [1.29, 1.82) is 0 Å². The van der Waals surface area contributed by atoms with Gasteiger partial charge in [-0.15, -0.1) is 10.2 Å². The number of hydrogen-bond acceptors (Lipinski definition) is 5. The molecule has 3 heterocycles. The first kappa shape index (κ1) is 15.5. The van der Waals surface area contributed by atoms with Crippen LogP contribution < -0.4 is 0 Å². The van der Waals surface area contributed by atoms with Gasteiger partial charge in [-0.1, -0.05) is 29.8 Å². The Morgan fingerprint density at radius 2 is 2.00 bits per heavy atom. The summed E-state index contributed by atoms with van der Waals surface area (Å²) in [4.78, 5) is 10.4. The lowest BCUT2D eigenvalue weighted by molar-refractivity contribution is 0.123. The molecule has 0 amide bonds. The van der Waals surface area contributed by atoms with Crippen LogP contribution in [0, 0.1) is 0 Å². The van der Waals surface area contributed by atoms with Crippen molar-refractivity contribution in [2.45, 2.75) is 12.5 Å². The summed E-state index contributed by atoms with van der Waals surface area (Å²) in [6, 6.07) is 15.5. The lowest BCUT2D eigenvalue weighted by atomic mass is 10.00. The van der Waals surface area contributed by atoms with Crippen LogP contribution in [-0.2, 0) is 6.54 Å². The fourth-order valence-corrected chi connectivity index (χ4v) is 3.48. The van der Waals surface area contributed by atoms with Gasteiger partial charge < -0.3 is 9.40 Å². The molecule has 130 valence electrons. The zero-order valence-electron chi connectivity index (χ0n) is 13.9. The number of imidazole rings is 1. The van der Waals surface area contributed by atoms with E-state index in [0.29, 0.717) is 29.3 Å². The largest absolute Gasteiger partial charge is 0.419 e. The van der Waals surface area contributed by atoms with Crippen LogP contribution in [0.25, 0.3) is 22.5 Å². The van der Waals surface area contributed by atoms with E-state index in [1.54, 1.807) is 0 Å². The molecule has 0 spiro atoms. The Morgan fingerprint density at radius 3 is 2.85 bits per heavy atom. The molecule has 2 aromatic carbocycles. The number of likely N-dealkylation sites (tertiary alicyclic amines) is 1. The van der Waals surface area contributed by atoms with Crippen molar-refractivity contribution in [1.82, 2.24) is 25.1 Å². The fraction of sp³-hybridized carbons (Fsp3) is 0.211. The van der Waals surface area contributed by atoms with Crippen molar-refractivity contribution in [2.75, 3.05) is 13.1 Å². The highest BCUT2D eigenvalue weighted by Crippen LogP contribution is 2.28. The number of rotatable bonds is 4. The predicted octanol–water partition coefficient (Wildman–Crippen LogP) is 3.87. The van der Waals surface area contributed by atoms with Crippen LogP contribution in [0.2, 0.25) is 5.02 Å². The summed E-state index contributed by atoms with van der Waals surface area (Å²) < 4.78 is 5.77. The minimum absolute atomic E-state index is 0.415. The molecule has 1 aliphatic rings. The highest BCUT2D eigenvalue weighted by atomic mass is 35.5. The summed E-state index contributed by atoms with van der Waals surface area (Å²) in [6.45, 7) is 2.49. The van der Waals surface area contributed by atoms with Crippen LogP contribution in [0.4, 0.5) is 0 Å². The van der Waals surface area contributed by atoms with Crippen LogP contribution in [0.1, 0.15) is 17.6 Å². The summed E-state index contributed by atoms with van der Waals surface area (Å²) in [7, 11) is 0. The lowest BCUT2D eigenvalue weighted by Crippen LogP contribution is -2.44. The third-order valence-electron chi connectivity index (χ3n) is 4.65. The zero-order valence-corrected chi connectivity index (χ0v) is 14.6. The van der Waals surface area contributed by atoms with E-state index in [1.807, 2.05) is 42.5 Å². The number of nitrogens with zero attached hydrogens (tertiary/aromatic N) is 4. The number of para-hydroxylation sites is 2. The standard InChI is InChI=1S/C19H16ClN5O/c20-14-5-3-4-12(8-14)19-24-23-17(26-19)11-25-9-13(10-25)18-21-15-6-1-2-7-16(15)22-18/h1-8,13H,9-11H2,(H,21,22). The quantitative estimate of drug-likeness (QED) is 0.594. The summed E-state index contributed by atoms with van der Waals surface area (Å²) in [5, 5.41) is 8.93. The van der Waals surface area contributed by atoms with Crippen molar-refractivity contribution in [3.63, 3.8) is 0 Å². The van der Waals surface area contributed by atoms with Gasteiger partial charge in [0, 0.05) is 29.6 Å². The van der Waals surface area contributed by atoms with Crippen molar-refractivity contribution in [3.8, 4) is 11.5 Å². The number of nitrogens with one attached hydrogen (secondary N) is 1. The monoisotopic (exact) mass is 365 g/mol. The molecule has 0 atom stereocenters. The minimum atomic E-state index is 0.415. The fourth-order valence-electron chi connectivity index (χ4n) is 3.28. The molecule has 0 radical (unpaired) electrons. The number of hydrogen-bond donors (Lipinski definition) is 1. The van der Waals surface area contributed by atoms with Gasteiger partial charge in [-0.05, 0) is 30.3 Å². The summed E-state index contributed by atoms with van der Waals surface area (Å²) in [5.41, 5.74) is 2.94. The van der Waals surface area contributed by atoms with Gasteiger partial charge in [0.25, 0.3) is 0 Å². The van der Waals surface area contributed by atoms with Crippen molar-refractivity contribution < 1.29 is 4.42 Å². The number of benzene rings is 2. The Kier molecular flexibility index (Phi) is 3.72. The number of H-pyrrole nitrogens is 1. The highest BCUT2D eigenvalue weighted by molar-refractivity contribution is 6.30. The molecule has 1 saturated heterocycles. The van der Waals surface area contributed by atoms with Crippen molar-refractivity contribution in [3.05, 3.63) is 65.3 Å². The molecule has 1 N–H and O–H groups in total.